The summed E-state index contributed by atoms with van der Waals surface area (Å²) in [6.45, 7) is 2.55. The Kier molecular flexibility index (Phi) is 5.43. The summed E-state index contributed by atoms with van der Waals surface area (Å²) in [6, 6.07) is 10.1. The van der Waals surface area contributed by atoms with E-state index >= 15 is 0 Å². The van der Waals surface area contributed by atoms with Crippen molar-refractivity contribution in [2.24, 2.45) is 0 Å². The van der Waals surface area contributed by atoms with E-state index in [9.17, 15) is 13.2 Å². The maximum Gasteiger partial charge on any atom is 0.276 e. The lowest BCUT2D eigenvalue weighted by atomic mass is 10.2. The van der Waals surface area contributed by atoms with Gasteiger partial charge in [-0.15, -0.1) is 10.2 Å². The van der Waals surface area contributed by atoms with Crippen LogP contribution in [0.4, 0.5) is 11.5 Å². The highest BCUT2D eigenvalue weighted by Gasteiger charge is 2.32. The fourth-order valence-electron chi connectivity index (χ4n) is 2.98. The van der Waals surface area contributed by atoms with Crippen LogP contribution in [0.5, 0.6) is 0 Å². The molecule has 1 fully saturated rings. The Morgan fingerprint density at radius 1 is 1.27 bits per heavy atom. The van der Waals surface area contributed by atoms with Gasteiger partial charge in [0.1, 0.15) is 0 Å². The van der Waals surface area contributed by atoms with E-state index in [1.165, 1.54) is 0 Å². The highest BCUT2D eigenvalue weighted by molar-refractivity contribution is 7.91. The van der Waals surface area contributed by atoms with Crippen LogP contribution in [0.25, 0.3) is 0 Å². The van der Waals surface area contributed by atoms with Gasteiger partial charge in [0.2, 0.25) is 0 Å². The van der Waals surface area contributed by atoms with Crippen LogP contribution in [-0.4, -0.2) is 48.6 Å². The minimum absolute atomic E-state index is 0.109. The number of aromatic nitrogens is 2. The van der Waals surface area contributed by atoms with Crippen molar-refractivity contribution in [3.05, 3.63) is 47.1 Å². The molecule has 1 amide bonds. The highest BCUT2D eigenvalue weighted by Crippen LogP contribution is 2.23. The van der Waals surface area contributed by atoms with Crippen molar-refractivity contribution in [2.45, 2.75) is 19.4 Å². The summed E-state index contributed by atoms with van der Waals surface area (Å²) in [6.07, 6.45) is 0.576. The zero-order valence-corrected chi connectivity index (χ0v) is 15.8. The zero-order chi connectivity index (χ0) is 18.7. The van der Waals surface area contributed by atoms with Gasteiger partial charge in [0.25, 0.3) is 5.91 Å². The van der Waals surface area contributed by atoms with Crippen molar-refractivity contribution in [1.82, 2.24) is 10.2 Å². The van der Waals surface area contributed by atoms with Crippen LogP contribution in [0.15, 0.2) is 36.4 Å². The summed E-state index contributed by atoms with van der Waals surface area (Å²) in [4.78, 5) is 14.2. The minimum atomic E-state index is -2.99. The van der Waals surface area contributed by atoms with Crippen LogP contribution in [0, 0.1) is 0 Å². The number of nitrogens with zero attached hydrogens (tertiary/aromatic N) is 3. The number of para-hydroxylation sites is 1. The fraction of sp³-hybridized carbons (Fsp3) is 0.353. The highest BCUT2D eigenvalue weighted by atomic mass is 35.5. The van der Waals surface area contributed by atoms with E-state index in [0.717, 1.165) is 0 Å². The van der Waals surface area contributed by atoms with Crippen molar-refractivity contribution < 1.29 is 13.2 Å². The van der Waals surface area contributed by atoms with Crippen LogP contribution >= 0.6 is 11.6 Å². The van der Waals surface area contributed by atoms with Gasteiger partial charge in [0.15, 0.2) is 21.3 Å². The van der Waals surface area contributed by atoms with Crippen LogP contribution in [-0.2, 0) is 9.84 Å². The SMILES string of the molecule is CCN(c1ccc(C(=O)Nc2ccccc2Cl)nn1)C1CCS(=O)(=O)C1. The molecular formula is C17H19ClN4O3S. The first-order valence-electron chi connectivity index (χ1n) is 8.26. The lowest BCUT2D eigenvalue weighted by Gasteiger charge is -2.27. The van der Waals surface area contributed by atoms with E-state index in [0.29, 0.717) is 29.5 Å². The fourth-order valence-corrected chi connectivity index (χ4v) is 4.89. The Balaban J connectivity index is 1.73. The first-order valence-corrected chi connectivity index (χ1v) is 10.5. The van der Waals surface area contributed by atoms with Crippen LogP contribution in [0.3, 0.4) is 0 Å². The third-order valence-corrected chi connectivity index (χ3v) is 6.37. The van der Waals surface area contributed by atoms with Gasteiger partial charge < -0.3 is 10.2 Å². The summed E-state index contributed by atoms with van der Waals surface area (Å²) in [7, 11) is -2.99. The first-order chi connectivity index (χ1) is 12.4. The van der Waals surface area contributed by atoms with Crippen molar-refractivity contribution >= 4 is 38.9 Å². The molecule has 1 aliphatic heterocycles. The summed E-state index contributed by atoms with van der Waals surface area (Å²) in [5, 5.41) is 11.2. The molecule has 9 heteroatoms. The molecule has 1 atom stereocenters. The van der Waals surface area contributed by atoms with Gasteiger partial charge in [-0.3, -0.25) is 4.79 Å². The normalized spacial score (nSPS) is 18.5. The standard InChI is InChI=1S/C17H19ClN4O3S/c1-2-22(12-9-10-26(24,25)11-12)16-8-7-15(20-21-16)17(23)19-14-6-4-3-5-13(14)18/h3-8,12H,2,9-11H2,1H3,(H,19,23). The van der Waals surface area contributed by atoms with E-state index in [4.69, 9.17) is 11.6 Å². The number of amides is 1. The average Bonchev–Trinajstić information content (AvgIpc) is 2.98. The number of anilines is 2. The number of carbonyl (C=O) groups is 1. The number of benzene rings is 1. The number of sulfone groups is 1. The van der Waals surface area contributed by atoms with Crippen molar-refractivity contribution in [1.29, 1.82) is 0 Å². The number of hydrogen-bond donors (Lipinski definition) is 1. The largest absolute Gasteiger partial charge is 0.351 e. The second-order valence-electron chi connectivity index (χ2n) is 6.05. The zero-order valence-electron chi connectivity index (χ0n) is 14.2. The molecule has 0 aliphatic carbocycles. The Morgan fingerprint density at radius 2 is 2.04 bits per heavy atom. The maximum atomic E-state index is 12.3. The van der Waals surface area contributed by atoms with Crippen LogP contribution < -0.4 is 10.2 Å². The van der Waals surface area contributed by atoms with E-state index < -0.39 is 15.7 Å². The molecule has 0 bridgehead atoms. The number of nitrogens with one attached hydrogen (secondary N) is 1. The molecule has 1 saturated heterocycles. The van der Waals surface area contributed by atoms with Gasteiger partial charge in [-0.2, -0.15) is 0 Å². The van der Waals surface area contributed by atoms with E-state index in [1.807, 2.05) is 11.8 Å². The number of rotatable bonds is 5. The third-order valence-electron chi connectivity index (χ3n) is 4.29. The number of halogens is 1. The summed E-state index contributed by atoms with van der Waals surface area (Å²) in [5.41, 5.74) is 0.653. The van der Waals surface area contributed by atoms with Crippen molar-refractivity contribution in [2.75, 3.05) is 28.3 Å². The van der Waals surface area contributed by atoms with Gasteiger partial charge in [-0.1, -0.05) is 23.7 Å². The molecular weight excluding hydrogens is 376 g/mol. The lowest BCUT2D eigenvalue weighted by molar-refractivity contribution is 0.102. The van der Waals surface area contributed by atoms with Crippen molar-refractivity contribution in [3.63, 3.8) is 0 Å². The van der Waals surface area contributed by atoms with E-state index in [-0.39, 0.29) is 23.2 Å². The molecule has 0 radical (unpaired) electrons. The molecule has 1 aromatic carbocycles. The molecule has 1 aromatic heterocycles. The Morgan fingerprint density at radius 3 is 2.62 bits per heavy atom. The topological polar surface area (TPSA) is 92.3 Å². The summed E-state index contributed by atoms with van der Waals surface area (Å²) >= 11 is 6.03. The molecule has 0 saturated carbocycles. The first kappa shape index (κ1) is 18.6. The number of carbonyl (C=O) groups excluding carboxylic acids is 1. The molecule has 1 unspecified atom stereocenters. The van der Waals surface area contributed by atoms with E-state index in [2.05, 4.69) is 15.5 Å². The quantitative estimate of drug-likeness (QED) is 0.837. The molecule has 138 valence electrons. The van der Waals surface area contributed by atoms with Gasteiger partial charge >= 0.3 is 0 Å². The maximum absolute atomic E-state index is 12.3. The predicted octanol–water partition coefficient (Wildman–Crippen LogP) is 2.40. The second-order valence-corrected chi connectivity index (χ2v) is 8.69. The minimum Gasteiger partial charge on any atom is -0.351 e. The molecule has 0 spiro atoms. The Bertz CT molecular complexity index is 902. The monoisotopic (exact) mass is 394 g/mol. The smallest absolute Gasteiger partial charge is 0.276 e. The molecule has 1 aliphatic rings. The predicted molar refractivity (Wildman–Crippen MR) is 102 cm³/mol. The van der Waals surface area contributed by atoms with E-state index in [1.54, 1.807) is 36.4 Å². The number of hydrogen-bond acceptors (Lipinski definition) is 6. The Labute approximate surface area is 157 Å². The van der Waals surface area contributed by atoms with Crippen molar-refractivity contribution in [3.8, 4) is 0 Å². The molecule has 2 heterocycles. The molecule has 1 N–H and O–H groups in total. The summed E-state index contributed by atoms with van der Waals surface area (Å²) in [5.74, 6) is 0.463. The van der Waals surface area contributed by atoms with Gasteiger partial charge in [0.05, 0.1) is 22.2 Å². The van der Waals surface area contributed by atoms with Gasteiger partial charge in [-0.05, 0) is 37.6 Å². The molecule has 3 rings (SSSR count). The molecule has 26 heavy (non-hydrogen) atoms. The molecule has 2 aromatic rings. The average molecular weight is 395 g/mol. The third kappa shape index (κ3) is 4.13. The summed E-state index contributed by atoms with van der Waals surface area (Å²) < 4.78 is 23.4. The molecule has 7 nitrogen and oxygen atoms in total. The van der Waals surface area contributed by atoms with Crippen LogP contribution in [0.2, 0.25) is 5.02 Å². The van der Waals surface area contributed by atoms with Gasteiger partial charge in [-0.25, -0.2) is 8.42 Å². The Hall–Kier alpha value is -2.19. The van der Waals surface area contributed by atoms with Crippen LogP contribution in [0.1, 0.15) is 23.8 Å². The lowest BCUT2D eigenvalue weighted by Crippen LogP contribution is -2.37. The van der Waals surface area contributed by atoms with Gasteiger partial charge in [0, 0.05) is 12.6 Å². The second kappa shape index (κ2) is 7.59.